The molecule has 4 heterocycles. The number of hydrogen-bond acceptors (Lipinski definition) is 9. The second-order valence-corrected chi connectivity index (χ2v) is 10.4. The summed E-state index contributed by atoms with van der Waals surface area (Å²) < 4.78 is 18.2. The highest BCUT2D eigenvalue weighted by atomic mass is 16.5. The molecule has 41 heavy (non-hydrogen) atoms. The topological polar surface area (TPSA) is 114 Å². The molecule has 0 saturated carbocycles. The van der Waals surface area contributed by atoms with Gasteiger partial charge in [-0.2, -0.15) is 10.2 Å². The van der Waals surface area contributed by atoms with Crippen LogP contribution in [0.1, 0.15) is 41.6 Å². The Labute approximate surface area is 237 Å². The average Bonchev–Trinajstić information content (AvgIpc) is 3.77. The highest BCUT2D eigenvalue weighted by molar-refractivity contribution is 5.90. The first kappa shape index (κ1) is 26.6. The van der Waals surface area contributed by atoms with Gasteiger partial charge in [0.15, 0.2) is 11.0 Å². The predicted octanol–water partition coefficient (Wildman–Crippen LogP) is 4.52. The van der Waals surface area contributed by atoms with E-state index < -0.39 is 11.4 Å². The lowest BCUT2D eigenvalue weighted by Crippen LogP contribution is -2.32. The number of rotatable bonds is 7. The molecule has 0 radical (unpaired) electrons. The van der Waals surface area contributed by atoms with Crippen LogP contribution in [0.2, 0.25) is 0 Å². The zero-order chi connectivity index (χ0) is 28.5. The molecular formula is C31H31N5O5. The summed E-state index contributed by atoms with van der Waals surface area (Å²) in [7, 11) is 2.94. The quantitative estimate of drug-likeness (QED) is 0.305. The first-order chi connectivity index (χ1) is 20.0. The monoisotopic (exact) mass is 553 g/mol. The van der Waals surface area contributed by atoms with Crippen molar-refractivity contribution < 1.29 is 18.7 Å². The molecule has 2 aromatic carbocycles. The van der Waals surface area contributed by atoms with Crippen LogP contribution >= 0.6 is 0 Å². The fourth-order valence-electron chi connectivity index (χ4n) is 5.88. The van der Waals surface area contributed by atoms with E-state index >= 15 is 0 Å². The van der Waals surface area contributed by atoms with Crippen LogP contribution in [0.25, 0.3) is 28.0 Å². The van der Waals surface area contributed by atoms with Crippen LogP contribution in [0.5, 0.6) is 0 Å². The van der Waals surface area contributed by atoms with Gasteiger partial charge in [-0.3, -0.25) is 4.79 Å². The summed E-state index contributed by atoms with van der Waals surface area (Å²) in [6.45, 7) is 3.27. The number of pyridine rings is 1. The van der Waals surface area contributed by atoms with Crippen LogP contribution in [0.4, 0.5) is 11.7 Å². The molecule has 4 aromatic rings. The number of esters is 1. The van der Waals surface area contributed by atoms with E-state index in [4.69, 9.17) is 18.9 Å². The normalized spacial score (nSPS) is 16.9. The number of anilines is 2. The lowest BCUT2D eigenvalue weighted by atomic mass is 10.0. The number of aromatic nitrogens is 2. The van der Waals surface area contributed by atoms with Gasteiger partial charge in [0, 0.05) is 56.3 Å². The first-order valence-electron chi connectivity index (χ1n) is 13.8. The Morgan fingerprint density at radius 1 is 1.10 bits per heavy atom. The zero-order valence-electron chi connectivity index (χ0n) is 23.1. The van der Waals surface area contributed by atoms with Crippen molar-refractivity contribution in [1.29, 1.82) is 5.26 Å². The van der Waals surface area contributed by atoms with Crippen LogP contribution in [0.3, 0.4) is 0 Å². The number of nitriles is 1. The number of carbonyl (C=O) groups excluding carboxylic acids is 1. The lowest BCUT2D eigenvalue weighted by Gasteiger charge is -2.21. The Morgan fingerprint density at radius 2 is 1.93 bits per heavy atom. The lowest BCUT2D eigenvalue weighted by molar-refractivity contribution is 0.0598. The number of fused-ring (bicyclic) bond motifs is 1. The molecule has 0 amide bonds. The van der Waals surface area contributed by atoms with Crippen molar-refractivity contribution in [3.8, 4) is 23.0 Å². The Bertz CT molecular complexity index is 1710. The molecule has 2 aromatic heterocycles. The third kappa shape index (κ3) is 4.93. The molecule has 0 aliphatic carbocycles. The minimum absolute atomic E-state index is 0.0942. The summed E-state index contributed by atoms with van der Waals surface area (Å²) in [5, 5.41) is 9.97. The summed E-state index contributed by atoms with van der Waals surface area (Å²) in [6.07, 6.45) is 5.72. The Hall–Kier alpha value is -4.62. The van der Waals surface area contributed by atoms with Gasteiger partial charge in [0.1, 0.15) is 17.1 Å². The number of oxazole rings is 1. The van der Waals surface area contributed by atoms with Gasteiger partial charge in [-0.25, -0.2) is 4.79 Å². The Morgan fingerprint density at radius 3 is 2.68 bits per heavy atom. The van der Waals surface area contributed by atoms with Crippen LogP contribution in [-0.4, -0.2) is 62.0 Å². The number of carbonyl (C=O) groups is 1. The first-order valence-corrected chi connectivity index (χ1v) is 13.8. The van der Waals surface area contributed by atoms with E-state index in [1.54, 1.807) is 17.7 Å². The fourth-order valence-corrected chi connectivity index (χ4v) is 5.88. The van der Waals surface area contributed by atoms with Crippen molar-refractivity contribution in [3.05, 3.63) is 70.0 Å². The number of nitrogens with zero attached hydrogens (tertiary/aromatic N) is 5. The molecule has 2 fully saturated rings. The Balaban J connectivity index is 1.46. The molecule has 1 atom stereocenters. The van der Waals surface area contributed by atoms with Crippen molar-refractivity contribution in [3.63, 3.8) is 0 Å². The van der Waals surface area contributed by atoms with E-state index in [-0.39, 0.29) is 11.6 Å². The maximum atomic E-state index is 13.0. The highest BCUT2D eigenvalue weighted by Gasteiger charge is 2.28. The van der Waals surface area contributed by atoms with Gasteiger partial charge < -0.3 is 28.3 Å². The van der Waals surface area contributed by atoms with E-state index in [1.165, 1.54) is 19.4 Å². The van der Waals surface area contributed by atoms with E-state index in [2.05, 4.69) is 15.9 Å². The standard InChI is InChI=1S/C31H31N5O5/c1-39-19-23-6-5-13-35(23)31-33-25-9-8-22(15-29(25)41-31)36-18-24(30(38)40-2)28(37)16-27(36)20-7-10-26(21(14-20)17-32)34-11-3-4-12-34/h7-10,14-16,18,23H,3-6,11-13,19H2,1-2H3/t23-/m1/s1. The third-order valence-electron chi connectivity index (χ3n) is 7.94. The van der Waals surface area contributed by atoms with Crippen molar-refractivity contribution in [2.75, 3.05) is 50.3 Å². The third-order valence-corrected chi connectivity index (χ3v) is 7.94. The summed E-state index contributed by atoms with van der Waals surface area (Å²) in [4.78, 5) is 34.6. The molecule has 2 saturated heterocycles. The minimum atomic E-state index is -0.723. The second kappa shape index (κ2) is 11.1. The van der Waals surface area contributed by atoms with Crippen LogP contribution in [-0.2, 0) is 9.47 Å². The van der Waals surface area contributed by atoms with Gasteiger partial charge >= 0.3 is 5.97 Å². The largest absolute Gasteiger partial charge is 0.465 e. The molecule has 2 aliphatic heterocycles. The smallest absolute Gasteiger partial charge is 0.343 e. The summed E-state index contributed by atoms with van der Waals surface area (Å²) in [6, 6.07) is 15.7. The SMILES string of the molecule is COC[C@H]1CCCN1c1nc2ccc(-n3cc(C(=O)OC)c(=O)cc3-c3ccc(N4CCCC4)c(C#N)c3)cc2o1. The van der Waals surface area contributed by atoms with E-state index in [9.17, 15) is 14.9 Å². The predicted molar refractivity (Wildman–Crippen MR) is 155 cm³/mol. The number of ether oxygens (including phenoxy) is 2. The number of benzene rings is 2. The molecule has 0 bridgehead atoms. The van der Waals surface area contributed by atoms with E-state index in [0.29, 0.717) is 46.2 Å². The molecular weight excluding hydrogens is 522 g/mol. The van der Waals surface area contributed by atoms with Crippen LogP contribution in [0.15, 0.2) is 57.9 Å². The van der Waals surface area contributed by atoms with Gasteiger partial charge in [-0.1, -0.05) is 6.07 Å². The number of hydrogen-bond donors (Lipinski definition) is 0. The van der Waals surface area contributed by atoms with Gasteiger partial charge in [0.05, 0.1) is 36.7 Å². The van der Waals surface area contributed by atoms with Gasteiger partial charge in [0.2, 0.25) is 0 Å². The molecule has 0 unspecified atom stereocenters. The molecule has 210 valence electrons. The van der Waals surface area contributed by atoms with E-state index in [0.717, 1.165) is 51.0 Å². The molecule has 2 aliphatic rings. The van der Waals surface area contributed by atoms with Crippen molar-refractivity contribution in [2.45, 2.75) is 31.7 Å². The van der Waals surface area contributed by atoms with Gasteiger partial charge in [-0.15, -0.1) is 0 Å². The Kier molecular flexibility index (Phi) is 7.20. The maximum Gasteiger partial charge on any atom is 0.343 e. The van der Waals surface area contributed by atoms with Crippen molar-refractivity contribution in [1.82, 2.24) is 9.55 Å². The second-order valence-electron chi connectivity index (χ2n) is 10.4. The zero-order valence-corrected chi connectivity index (χ0v) is 23.1. The average molecular weight is 554 g/mol. The van der Waals surface area contributed by atoms with Crippen LogP contribution in [0, 0.1) is 11.3 Å². The minimum Gasteiger partial charge on any atom is -0.465 e. The molecule has 0 spiro atoms. The maximum absolute atomic E-state index is 13.0. The fraction of sp³-hybridized carbons (Fsp3) is 0.355. The highest BCUT2D eigenvalue weighted by Crippen LogP contribution is 2.33. The van der Waals surface area contributed by atoms with Crippen molar-refractivity contribution >= 4 is 28.8 Å². The molecule has 10 nitrogen and oxygen atoms in total. The summed E-state index contributed by atoms with van der Waals surface area (Å²) in [5.41, 5.74) is 4.01. The molecule has 10 heteroatoms. The van der Waals surface area contributed by atoms with Crippen molar-refractivity contribution in [2.24, 2.45) is 0 Å². The summed E-state index contributed by atoms with van der Waals surface area (Å²) in [5.74, 6) is -0.723. The molecule has 6 rings (SSSR count). The van der Waals surface area contributed by atoms with Gasteiger partial charge in [-0.05, 0) is 49.9 Å². The van der Waals surface area contributed by atoms with Crippen LogP contribution < -0.4 is 15.2 Å². The molecule has 0 N–H and O–H groups in total. The van der Waals surface area contributed by atoms with E-state index in [1.807, 2.05) is 30.3 Å². The summed E-state index contributed by atoms with van der Waals surface area (Å²) >= 11 is 0. The number of methoxy groups -OCH3 is 2. The van der Waals surface area contributed by atoms with Gasteiger partial charge in [0.25, 0.3) is 6.01 Å².